The van der Waals surface area contributed by atoms with E-state index in [1.165, 1.54) is 0 Å². The van der Waals surface area contributed by atoms with Crippen LogP contribution in [0.4, 0.5) is 5.82 Å². The molecular weight excluding hydrogens is 322 g/mol. The van der Waals surface area contributed by atoms with E-state index in [4.69, 9.17) is 0 Å². The third kappa shape index (κ3) is 2.52. The Morgan fingerprint density at radius 2 is 1.95 bits per heavy atom. The molecule has 3 rings (SSSR count). The second kappa shape index (κ2) is 5.11. The first-order chi connectivity index (χ1) is 9.24. The lowest BCUT2D eigenvalue weighted by Gasteiger charge is -2.09. The van der Waals surface area contributed by atoms with E-state index in [0.717, 1.165) is 31.8 Å². The summed E-state index contributed by atoms with van der Waals surface area (Å²) in [6.07, 6.45) is 1.57. The van der Waals surface area contributed by atoms with Gasteiger partial charge in [-0.2, -0.15) is 0 Å². The van der Waals surface area contributed by atoms with E-state index in [0.29, 0.717) is 0 Å². The molecule has 0 atom stereocenters. The van der Waals surface area contributed by atoms with Crippen LogP contribution in [0.15, 0.2) is 53.1 Å². The van der Waals surface area contributed by atoms with Gasteiger partial charge in [0.2, 0.25) is 0 Å². The monoisotopic (exact) mass is 331 g/mol. The van der Waals surface area contributed by atoms with Gasteiger partial charge in [0.1, 0.15) is 17.0 Å². The first-order valence-electron chi connectivity index (χ1n) is 5.64. The predicted molar refractivity (Wildman–Crippen MR) is 84.2 cm³/mol. The van der Waals surface area contributed by atoms with Gasteiger partial charge in [0.15, 0.2) is 0 Å². The van der Waals surface area contributed by atoms with Crippen molar-refractivity contribution in [2.75, 3.05) is 5.32 Å². The average Bonchev–Trinajstić information content (AvgIpc) is 2.89. The van der Waals surface area contributed by atoms with E-state index in [-0.39, 0.29) is 0 Å². The number of fused-ring (bicyclic) bond motifs is 1. The van der Waals surface area contributed by atoms with Crippen LogP contribution in [0, 0.1) is 0 Å². The highest BCUT2D eigenvalue weighted by Gasteiger charge is 2.06. The second-order valence-electron chi connectivity index (χ2n) is 3.97. The van der Waals surface area contributed by atoms with Crippen molar-refractivity contribution in [3.63, 3.8) is 0 Å². The Bertz CT molecular complexity index is 734. The lowest BCUT2D eigenvalue weighted by Crippen LogP contribution is -2.00. The number of aromatic nitrogens is 2. The minimum Gasteiger partial charge on any atom is -0.340 e. The van der Waals surface area contributed by atoms with Gasteiger partial charge in [-0.3, -0.25) is 0 Å². The highest BCUT2D eigenvalue weighted by molar-refractivity contribution is 9.10. The van der Waals surface area contributed by atoms with Gasteiger partial charge < -0.3 is 5.32 Å². The summed E-state index contributed by atoms with van der Waals surface area (Å²) in [5.74, 6) is 0.791. The van der Waals surface area contributed by atoms with Crippen LogP contribution in [0.3, 0.4) is 0 Å². The number of rotatable bonds is 3. The van der Waals surface area contributed by atoms with Gasteiger partial charge in [-0.25, -0.2) is 9.97 Å². The van der Waals surface area contributed by atoms with Gasteiger partial charge in [-0.1, -0.05) is 34.6 Å². The fourth-order valence-corrected chi connectivity index (χ4v) is 2.75. The van der Waals surface area contributed by atoms with Crippen molar-refractivity contribution in [2.24, 2.45) is 0 Å². The van der Waals surface area contributed by atoms with Gasteiger partial charge >= 0.3 is 0 Å². The van der Waals surface area contributed by atoms with Gasteiger partial charge in [0, 0.05) is 10.2 Å². The zero-order valence-electron chi connectivity index (χ0n) is 9.93. The molecule has 2 aromatic heterocycles. The normalized spacial score (nSPS) is 10.6. The maximum Gasteiger partial charge on any atom is 0.142 e. The van der Waals surface area contributed by atoms with E-state index in [1.54, 1.807) is 17.7 Å². The van der Waals surface area contributed by atoms with E-state index in [9.17, 15) is 0 Å². The van der Waals surface area contributed by atoms with Gasteiger partial charge in [0.05, 0.1) is 5.39 Å². The quantitative estimate of drug-likeness (QED) is 0.765. The van der Waals surface area contributed by atoms with Crippen molar-refractivity contribution in [1.29, 1.82) is 0 Å². The van der Waals surface area contributed by atoms with Crippen LogP contribution in [0.2, 0.25) is 0 Å². The van der Waals surface area contributed by atoms with Gasteiger partial charge in [-0.15, -0.1) is 11.3 Å². The van der Waals surface area contributed by atoms with Crippen LogP contribution >= 0.6 is 27.3 Å². The number of halogens is 1. The molecule has 0 aliphatic rings. The highest BCUT2D eigenvalue weighted by atomic mass is 79.9. The Morgan fingerprint density at radius 1 is 1.16 bits per heavy atom. The largest absolute Gasteiger partial charge is 0.340 e. The molecule has 0 fully saturated rings. The first-order valence-corrected chi connectivity index (χ1v) is 7.31. The predicted octanol–water partition coefficient (Wildman–Crippen LogP) is 4.54. The number of hydrogen-bond donors (Lipinski definition) is 1. The van der Waals surface area contributed by atoms with Crippen molar-refractivity contribution in [3.8, 4) is 0 Å². The molecule has 0 aliphatic heterocycles. The summed E-state index contributed by atoms with van der Waals surface area (Å²) in [5, 5.41) is 6.28. The van der Waals surface area contributed by atoms with Crippen molar-refractivity contribution in [1.82, 2.24) is 9.97 Å². The molecular formula is C14H10BrN3S. The molecule has 3 aromatic rings. The Labute approximate surface area is 123 Å². The first kappa shape index (κ1) is 12.3. The van der Waals surface area contributed by atoms with Crippen LogP contribution in [0.5, 0.6) is 0 Å². The fraction of sp³-hybridized carbons (Fsp3) is 0. The maximum absolute atomic E-state index is 4.28. The summed E-state index contributed by atoms with van der Waals surface area (Å²) in [4.78, 5) is 9.47. The molecule has 0 saturated carbocycles. The summed E-state index contributed by atoms with van der Waals surface area (Å²) < 4.78 is 1.05. The molecule has 1 N–H and O–H groups in total. The molecule has 1 aromatic carbocycles. The summed E-state index contributed by atoms with van der Waals surface area (Å²) in [6.45, 7) is 4.06. The highest BCUT2D eigenvalue weighted by Crippen LogP contribution is 2.26. The molecule has 0 amide bonds. The molecule has 19 heavy (non-hydrogen) atoms. The molecule has 0 saturated heterocycles. The molecule has 94 valence electrons. The average molecular weight is 332 g/mol. The Morgan fingerprint density at radius 3 is 2.74 bits per heavy atom. The maximum atomic E-state index is 4.28. The number of anilines is 1. The Hall–Kier alpha value is -1.72. The Balaban J connectivity index is 1.90. The standard InChI is InChI=1S/C14H10BrN3S/c1-9(10-2-4-11(15)5-3-10)18-13-12-6-7-19-14(12)17-8-16-13/h2-8H,1H2,(H,16,17,18). The molecule has 2 heterocycles. The summed E-state index contributed by atoms with van der Waals surface area (Å²) >= 11 is 5.02. The van der Waals surface area contributed by atoms with Crippen molar-refractivity contribution in [3.05, 3.63) is 58.7 Å². The van der Waals surface area contributed by atoms with E-state index >= 15 is 0 Å². The fourth-order valence-electron chi connectivity index (χ4n) is 1.76. The minimum absolute atomic E-state index is 0.791. The lowest BCUT2D eigenvalue weighted by molar-refractivity contribution is 1.23. The molecule has 0 aliphatic carbocycles. The molecule has 0 unspecified atom stereocenters. The summed E-state index contributed by atoms with van der Waals surface area (Å²) in [7, 11) is 0. The number of nitrogens with one attached hydrogen (secondary N) is 1. The number of hydrogen-bond acceptors (Lipinski definition) is 4. The van der Waals surface area contributed by atoms with Crippen molar-refractivity contribution in [2.45, 2.75) is 0 Å². The van der Waals surface area contributed by atoms with E-state index in [2.05, 4.69) is 37.8 Å². The van der Waals surface area contributed by atoms with E-state index in [1.807, 2.05) is 35.7 Å². The van der Waals surface area contributed by atoms with Crippen molar-refractivity contribution >= 4 is 49.0 Å². The topological polar surface area (TPSA) is 37.8 Å². The van der Waals surface area contributed by atoms with Crippen LogP contribution in [-0.2, 0) is 0 Å². The zero-order valence-corrected chi connectivity index (χ0v) is 12.3. The minimum atomic E-state index is 0.791. The van der Waals surface area contributed by atoms with Crippen LogP contribution in [0.25, 0.3) is 15.9 Å². The number of nitrogens with zero attached hydrogens (tertiary/aromatic N) is 2. The summed E-state index contributed by atoms with van der Waals surface area (Å²) in [6, 6.07) is 10.00. The molecule has 3 nitrogen and oxygen atoms in total. The smallest absolute Gasteiger partial charge is 0.142 e. The Kier molecular flexibility index (Phi) is 3.31. The molecule has 5 heteroatoms. The number of benzene rings is 1. The zero-order chi connectivity index (χ0) is 13.2. The lowest BCUT2D eigenvalue weighted by atomic mass is 10.2. The van der Waals surface area contributed by atoms with Gasteiger partial charge in [0.25, 0.3) is 0 Å². The summed E-state index contributed by atoms with van der Waals surface area (Å²) in [5.41, 5.74) is 1.85. The SMILES string of the molecule is C=C(Nc1ncnc2sccc12)c1ccc(Br)cc1. The van der Waals surface area contributed by atoms with Crippen LogP contribution < -0.4 is 5.32 Å². The number of thiophene rings is 1. The third-order valence-corrected chi connectivity index (χ3v) is 4.07. The molecule has 0 bridgehead atoms. The second-order valence-corrected chi connectivity index (χ2v) is 5.78. The van der Waals surface area contributed by atoms with E-state index < -0.39 is 0 Å². The molecule has 0 spiro atoms. The van der Waals surface area contributed by atoms with Crippen LogP contribution in [-0.4, -0.2) is 9.97 Å². The molecule has 0 radical (unpaired) electrons. The van der Waals surface area contributed by atoms with Gasteiger partial charge in [-0.05, 0) is 29.1 Å². The van der Waals surface area contributed by atoms with Crippen LogP contribution in [0.1, 0.15) is 5.56 Å². The van der Waals surface area contributed by atoms with Crippen molar-refractivity contribution < 1.29 is 0 Å². The third-order valence-electron chi connectivity index (χ3n) is 2.72.